The minimum absolute atomic E-state index is 0.373. The Morgan fingerprint density at radius 1 is 1.00 bits per heavy atom. The fraction of sp³-hybridized carbons (Fsp3) is 0.250. The van der Waals surface area contributed by atoms with Gasteiger partial charge in [-0.1, -0.05) is 18.2 Å². The maximum absolute atomic E-state index is 11.4. The molecule has 0 saturated heterocycles. The van der Waals surface area contributed by atoms with Crippen molar-refractivity contribution in [2.45, 2.75) is 16.2 Å². The van der Waals surface area contributed by atoms with Gasteiger partial charge in [-0.05, 0) is 48.6 Å². The van der Waals surface area contributed by atoms with Crippen molar-refractivity contribution in [3.05, 3.63) is 54.6 Å². The number of nitrogens with one attached hydrogen (secondary N) is 1. The molecule has 0 aliphatic rings. The first-order chi connectivity index (χ1) is 10.1. The summed E-state index contributed by atoms with van der Waals surface area (Å²) in [4.78, 5) is 1.47. The summed E-state index contributed by atoms with van der Waals surface area (Å²) in [6.07, 6.45) is 2.28. The predicted octanol–water partition coefficient (Wildman–Crippen LogP) is 3.68. The van der Waals surface area contributed by atoms with Crippen molar-refractivity contribution in [2.75, 3.05) is 23.9 Å². The zero-order valence-corrected chi connectivity index (χ0v) is 13.6. The number of rotatable bonds is 7. The number of sulfone groups is 1. The largest absolute Gasteiger partial charge is 0.385 e. The molecule has 0 spiro atoms. The second kappa shape index (κ2) is 7.52. The molecule has 0 unspecified atom stereocenters. The van der Waals surface area contributed by atoms with E-state index in [0.29, 0.717) is 4.90 Å². The van der Waals surface area contributed by atoms with Gasteiger partial charge < -0.3 is 5.32 Å². The lowest BCUT2D eigenvalue weighted by Gasteiger charge is -2.06. The summed E-state index contributed by atoms with van der Waals surface area (Å²) in [5.41, 5.74) is 1.14. The molecule has 112 valence electrons. The van der Waals surface area contributed by atoms with Crippen LogP contribution in [0.2, 0.25) is 0 Å². The summed E-state index contributed by atoms with van der Waals surface area (Å²) in [6.45, 7) is 0.929. The van der Waals surface area contributed by atoms with Crippen LogP contribution in [-0.4, -0.2) is 27.0 Å². The summed E-state index contributed by atoms with van der Waals surface area (Å²) >= 11 is 1.74. The molecule has 21 heavy (non-hydrogen) atoms. The van der Waals surface area contributed by atoms with Gasteiger partial charge in [0, 0.05) is 23.4 Å². The lowest BCUT2D eigenvalue weighted by atomic mass is 10.3. The van der Waals surface area contributed by atoms with Crippen molar-refractivity contribution in [1.82, 2.24) is 0 Å². The normalized spacial score (nSPS) is 11.3. The van der Waals surface area contributed by atoms with E-state index in [2.05, 4.69) is 17.4 Å². The Labute approximate surface area is 130 Å². The average molecular weight is 321 g/mol. The van der Waals surface area contributed by atoms with Gasteiger partial charge in [0.1, 0.15) is 0 Å². The van der Waals surface area contributed by atoms with Crippen LogP contribution >= 0.6 is 11.8 Å². The fourth-order valence-corrected chi connectivity index (χ4v) is 3.32. The number of para-hydroxylation sites is 1. The molecule has 3 nitrogen and oxygen atoms in total. The highest BCUT2D eigenvalue weighted by molar-refractivity contribution is 7.99. The van der Waals surface area contributed by atoms with E-state index in [-0.39, 0.29) is 0 Å². The van der Waals surface area contributed by atoms with Crippen molar-refractivity contribution in [2.24, 2.45) is 0 Å². The van der Waals surface area contributed by atoms with E-state index in [1.54, 1.807) is 23.9 Å². The molecule has 0 aliphatic carbocycles. The lowest BCUT2D eigenvalue weighted by molar-refractivity contribution is 0.602. The van der Waals surface area contributed by atoms with Crippen molar-refractivity contribution >= 4 is 27.3 Å². The van der Waals surface area contributed by atoms with E-state index < -0.39 is 9.84 Å². The smallest absolute Gasteiger partial charge is 0.175 e. The summed E-state index contributed by atoms with van der Waals surface area (Å²) in [7, 11) is -3.10. The van der Waals surface area contributed by atoms with Gasteiger partial charge in [-0.25, -0.2) is 8.42 Å². The van der Waals surface area contributed by atoms with Crippen LogP contribution < -0.4 is 5.32 Å². The average Bonchev–Trinajstić information content (AvgIpc) is 2.47. The molecule has 0 amide bonds. The Morgan fingerprint density at radius 2 is 1.67 bits per heavy atom. The molecule has 2 rings (SSSR count). The van der Waals surface area contributed by atoms with Crippen LogP contribution in [0, 0.1) is 0 Å². The molecule has 0 aromatic heterocycles. The zero-order valence-electron chi connectivity index (χ0n) is 12.0. The molecule has 0 bridgehead atoms. The topological polar surface area (TPSA) is 46.2 Å². The van der Waals surface area contributed by atoms with E-state index in [1.165, 1.54) is 6.26 Å². The molecular weight excluding hydrogens is 302 g/mol. The summed E-state index contributed by atoms with van der Waals surface area (Å²) in [5, 5.41) is 3.37. The third-order valence-electron chi connectivity index (χ3n) is 2.94. The van der Waals surface area contributed by atoms with Crippen molar-refractivity contribution in [3.8, 4) is 0 Å². The molecule has 0 fully saturated rings. The monoisotopic (exact) mass is 321 g/mol. The van der Waals surface area contributed by atoms with Gasteiger partial charge >= 0.3 is 0 Å². The van der Waals surface area contributed by atoms with Crippen LogP contribution in [-0.2, 0) is 9.84 Å². The SMILES string of the molecule is CS(=O)(=O)c1ccc(SCCCNc2ccccc2)cc1. The minimum atomic E-state index is -3.10. The number of hydrogen-bond donors (Lipinski definition) is 1. The molecule has 0 heterocycles. The summed E-state index contributed by atoms with van der Waals surface area (Å²) < 4.78 is 22.7. The quantitative estimate of drug-likeness (QED) is 0.624. The molecule has 0 radical (unpaired) electrons. The fourth-order valence-electron chi connectivity index (χ4n) is 1.83. The number of hydrogen-bond acceptors (Lipinski definition) is 4. The number of thioether (sulfide) groups is 1. The van der Waals surface area contributed by atoms with E-state index in [0.717, 1.165) is 29.3 Å². The molecule has 5 heteroatoms. The van der Waals surface area contributed by atoms with Gasteiger partial charge in [0.05, 0.1) is 4.90 Å². The van der Waals surface area contributed by atoms with Gasteiger partial charge in [0.2, 0.25) is 0 Å². The highest BCUT2D eigenvalue weighted by Gasteiger charge is 2.05. The number of benzene rings is 2. The maximum Gasteiger partial charge on any atom is 0.175 e. The summed E-state index contributed by atoms with van der Waals surface area (Å²) in [6, 6.07) is 17.2. The molecule has 0 atom stereocenters. The Kier molecular flexibility index (Phi) is 5.70. The van der Waals surface area contributed by atoms with Crippen LogP contribution in [0.25, 0.3) is 0 Å². The second-order valence-corrected chi connectivity index (χ2v) is 7.92. The third kappa shape index (κ3) is 5.44. The highest BCUT2D eigenvalue weighted by atomic mass is 32.2. The van der Waals surface area contributed by atoms with Gasteiger partial charge in [-0.3, -0.25) is 0 Å². The van der Waals surface area contributed by atoms with Crippen molar-refractivity contribution in [3.63, 3.8) is 0 Å². The van der Waals surface area contributed by atoms with Crippen LogP contribution in [0.3, 0.4) is 0 Å². The van der Waals surface area contributed by atoms with Gasteiger partial charge in [-0.2, -0.15) is 0 Å². The maximum atomic E-state index is 11.4. The molecule has 0 saturated carbocycles. The Bertz CT molecular complexity index is 652. The van der Waals surface area contributed by atoms with Crippen molar-refractivity contribution < 1.29 is 8.42 Å². The van der Waals surface area contributed by atoms with Gasteiger partial charge in [-0.15, -0.1) is 11.8 Å². The molecule has 1 N–H and O–H groups in total. The minimum Gasteiger partial charge on any atom is -0.385 e. The van der Waals surface area contributed by atoms with Gasteiger partial charge in [0.15, 0.2) is 9.84 Å². The van der Waals surface area contributed by atoms with Crippen LogP contribution in [0.4, 0.5) is 5.69 Å². The summed E-state index contributed by atoms with van der Waals surface area (Å²) in [5.74, 6) is 0.998. The van der Waals surface area contributed by atoms with Crippen LogP contribution in [0.15, 0.2) is 64.4 Å². The molecule has 2 aromatic rings. The van der Waals surface area contributed by atoms with E-state index in [9.17, 15) is 8.42 Å². The van der Waals surface area contributed by atoms with Crippen molar-refractivity contribution in [1.29, 1.82) is 0 Å². The highest BCUT2D eigenvalue weighted by Crippen LogP contribution is 2.21. The molecule has 0 aliphatic heterocycles. The molecule has 2 aromatic carbocycles. The third-order valence-corrected chi connectivity index (χ3v) is 5.17. The van der Waals surface area contributed by atoms with E-state index in [4.69, 9.17) is 0 Å². The molecular formula is C16H19NO2S2. The lowest BCUT2D eigenvalue weighted by Crippen LogP contribution is -2.02. The standard InChI is InChI=1S/C16H19NO2S2/c1-21(18,19)16-10-8-15(9-11-16)20-13-5-12-17-14-6-3-2-4-7-14/h2-4,6-11,17H,5,12-13H2,1H3. The first-order valence-electron chi connectivity index (χ1n) is 6.77. The van der Waals surface area contributed by atoms with E-state index in [1.807, 2.05) is 30.3 Å². The Morgan fingerprint density at radius 3 is 2.29 bits per heavy atom. The predicted molar refractivity (Wildman–Crippen MR) is 89.8 cm³/mol. The first kappa shape index (κ1) is 15.9. The first-order valence-corrected chi connectivity index (χ1v) is 9.65. The second-order valence-electron chi connectivity index (χ2n) is 4.74. The Balaban J connectivity index is 1.71. The van der Waals surface area contributed by atoms with Gasteiger partial charge in [0.25, 0.3) is 0 Å². The van der Waals surface area contributed by atoms with Crippen LogP contribution in [0.1, 0.15) is 6.42 Å². The zero-order chi connectivity index (χ0) is 15.1. The number of anilines is 1. The van der Waals surface area contributed by atoms with Crippen LogP contribution in [0.5, 0.6) is 0 Å². The van der Waals surface area contributed by atoms with E-state index >= 15 is 0 Å². The Hall–Kier alpha value is -1.46.